The fourth-order valence-electron chi connectivity index (χ4n) is 1.80. The molecule has 92 valence electrons. The monoisotopic (exact) mass is 235 g/mol. The van der Waals surface area contributed by atoms with E-state index in [1.54, 1.807) is 25.3 Å². The van der Waals surface area contributed by atoms with Crippen molar-refractivity contribution in [2.75, 3.05) is 19.0 Å². The molecule has 0 saturated heterocycles. The average Bonchev–Trinajstić information content (AvgIpc) is 3.12. The Bertz CT molecular complexity index is 413. The van der Waals surface area contributed by atoms with Crippen LogP contribution in [0.25, 0.3) is 0 Å². The number of hydrogen-bond acceptors (Lipinski definition) is 3. The van der Waals surface area contributed by atoms with Gasteiger partial charge in [0.1, 0.15) is 5.75 Å². The highest BCUT2D eigenvalue weighted by Gasteiger charge is 2.20. The van der Waals surface area contributed by atoms with Crippen molar-refractivity contribution in [1.29, 1.82) is 0 Å². The van der Waals surface area contributed by atoms with Crippen molar-refractivity contribution in [2.24, 2.45) is 5.92 Å². The van der Waals surface area contributed by atoms with E-state index >= 15 is 0 Å². The van der Waals surface area contributed by atoms with E-state index < -0.39 is 5.97 Å². The third-order valence-corrected chi connectivity index (χ3v) is 3.02. The predicted molar refractivity (Wildman–Crippen MR) is 65.8 cm³/mol. The molecular formula is C13H17NO3. The Balaban J connectivity index is 2.06. The molecule has 1 aromatic rings. The normalized spacial score (nSPS) is 14.4. The number of benzene rings is 1. The Morgan fingerprint density at radius 1 is 1.53 bits per heavy atom. The summed E-state index contributed by atoms with van der Waals surface area (Å²) in [4.78, 5) is 11.0. The van der Waals surface area contributed by atoms with Crippen LogP contribution in [0.1, 0.15) is 29.6 Å². The smallest absolute Gasteiger partial charge is 0.337 e. The lowest BCUT2D eigenvalue weighted by atomic mass is 10.1. The van der Waals surface area contributed by atoms with Gasteiger partial charge in [-0.2, -0.15) is 0 Å². The molecule has 1 aromatic carbocycles. The van der Waals surface area contributed by atoms with Crippen molar-refractivity contribution in [3.63, 3.8) is 0 Å². The predicted octanol–water partition coefficient (Wildman–Crippen LogP) is 2.61. The Morgan fingerprint density at radius 3 is 2.88 bits per heavy atom. The Morgan fingerprint density at radius 2 is 2.29 bits per heavy atom. The molecule has 0 heterocycles. The molecule has 0 bridgehead atoms. The molecule has 1 aliphatic carbocycles. The second-order valence-corrected chi connectivity index (χ2v) is 4.38. The minimum Gasteiger partial charge on any atom is -0.497 e. The zero-order valence-electron chi connectivity index (χ0n) is 9.90. The van der Waals surface area contributed by atoms with Gasteiger partial charge in [-0.25, -0.2) is 4.79 Å². The van der Waals surface area contributed by atoms with E-state index in [-0.39, 0.29) is 0 Å². The number of nitrogens with one attached hydrogen (secondary N) is 1. The number of methoxy groups -OCH3 is 1. The highest BCUT2D eigenvalue weighted by molar-refractivity contribution is 5.94. The molecule has 2 N–H and O–H groups in total. The number of carbonyl (C=O) groups is 1. The molecule has 2 rings (SSSR count). The Hall–Kier alpha value is -1.71. The maximum absolute atomic E-state index is 11.0. The minimum atomic E-state index is -0.915. The molecule has 0 amide bonds. The van der Waals surface area contributed by atoms with Gasteiger partial charge in [0.25, 0.3) is 0 Å². The summed E-state index contributed by atoms with van der Waals surface area (Å²) >= 11 is 0. The van der Waals surface area contributed by atoms with E-state index in [1.165, 1.54) is 12.8 Å². The van der Waals surface area contributed by atoms with Crippen LogP contribution in [0.2, 0.25) is 0 Å². The van der Waals surface area contributed by atoms with Gasteiger partial charge in [0.05, 0.1) is 18.4 Å². The van der Waals surface area contributed by atoms with Gasteiger partial charge >= 0.3 is 5.97 Å². The molecule has 0 spiro atoms. The summed E-state index contributed by atoms with van der Waals surface area (Å²) in [5.41, 5.74) is 0.930. The topological polar surface area (TPSA) is 58.6 Å². The van der Waals surface area contributed by atoms with Crippen molar-refractivity contribution in [2.45, 2.75) is 19.3 Å². The van der Waals surface area contributed by atoms with Gasteiger partial charge in [0, 0.05) is 12.6 Å². The van der Waals surface area contributed by atoms with Gasteiger partial charge in [-0.05, 0) is 24.5 Å². The van der Waals surface area contributed by atoms with Crippen molar-refractivity contribution in [1.82, 2.24) is 0 Å². The summed E-state index contributed by atoms with van der Waals surface area (Å²) in [6.45, 7) is 0.818. The quantitative estimate of drug-likeness (QED) is 0.795. The van der Waals surface area contributed by atoms with E-state index in [9.17, 15) is 4.79 Å². The summed E-state index contributed by atoms with van der Waals surface area (Å²) < 4.78 is 5.10. The molecule has 0 aliphatic heterocycles. The first-order chi connectivity index (χ1) is 8.20. The van der Waals surface area contributed by atoms with Gasteiger partial charge < -0.3 is 15.2 Å². The lowest BCUT2D eigenvalue weighted by Gasteiger charge is -2.11. The van der Waals surface area contributed by atoms with Crippen LogP contribution in [0.4, 0.5) is 5.69 Å². The lowest BCUT2D eigenvalue weighted by molar-refractivity contribution is 0.0698. The van der Waals surface area contributed by atoms with Crippen LogP contribution in [0.15, 0.2) is 18.2 Å². The summed E-state index contributed by atoms with van der Waals surface area (Å²) in [6.07, 6.45) is 3.73. The van der Waals surface area contributed by atoms with Crippen LogP contribution in [0, 0.1) is 5.92 Å². The molecule has 4 heteroatoms. The van der Waals surface area contributed by atoms with E-state index in [1.807, 2.05) is 0 Å². The van der Waals surface area contributed by atoms with Crippen molar-refractivity contribution in [3.05, 3.63) is 23.8 Å². The standard InChI is InChI=1S/C13H17NO3/c1-17-10-4-5-11(13(15)16)12(8-10)14-7-6-9-2-3-9/h4-5,8-9,14H,2-3,6-7H2,1H3,(H,15,16). The van der Waals surface area contributed by atoms with Crippen molar-refractivity contribution in [3.8, 4) is 5.75 Å². The van der Waals surface area contributed by atoms with Gasteiger partial charge in [-0.15, -0.1) is 0 Å². The molecule has 4 nitrogen and oxygen atoms in total. The zero-order chi connectivity index (χ0) is 12.3. The van der Waals surface area contributed by atoms with E-state index in [2.05, 4.69) is 5.32 Å². The minimum absolute atomic E-state index is 0.293. The molecule has 0 atom stereocenters. The van der Waals surface area contributed by atoms with Crippen molar-refractivity contribution < 1.29 is 14.6 Å². The van der Waals surface area contributed by atoms with Gasteiger partial charge in [0.2, 0.25) is 0 Å². The number of carboxylic acids is 1. The number of anilines is 1. The number of hydrogen-bond donors (Lipinski definition) is 2. The summed E-state index contributed by atoms with van der Waals surface area (Å²) in [7, 11) is 1.57. The van der Waals surface area contributed by atoms with Crippen LogP contribution < -0.4 is 10.1 Å². The third-order valence-electron chi connectivity index (χ3n) is 3.02. The first-order valence-corrected chi connectivity index (χ1v) is 5.86. The lowest BCUT2D eigenvalue weighted by Crippen LogP contribution is -2.08. The van der Waals surface area contributed by atoms with Gasteiger partial charge in [0.15, 0.2) is 0 Å². The first kappa shape index (κ1) is 11.8. The molecule has 0 radical (unpaired) electrons. The zero-order valence-corrected chi connectivity index (χ0v) is 9.90. The maximum Gasteiger partial charge on any atom is 0.337 e. The van der Waals surface area contributed by atoms with Gasteiger partial charge in [-0.1, -0.05) is 12.8 Å². The highest BCUT2D eigenvalue weighted by atomic mass is 16.5. The molecule has 17 heavy (non-hydrogen) atoms. The summed E-state index contributed by atoms with van der Waals surface area (Å²) in [5.74, 6) is 0.590. The first-order valence-electron chi connectivity index (χ1n) is 5.86. The number of aromatic carboxylic acids is 1. The fourth-order valence-corrected chi connectivity index (χ4v) is 1.80. The molecule has 1 fully saturated rings. The van der Waals surface area contributed by atoms with Gasteiger partial charge in [-0.3, -0.25) is 0 Å². The highest BCUT2D eigenvalue weighted by Crippen LogP contribution is 2.32. The van der Waals surface area contributed by atoms with Crippen LogP contribution in [0.3, 0.4) is 0 Å². The Kier molecular flexibility index (Phi) is 3.52. The van der Waals surface area contributed by atoms with Crippen LogP contribution in [-0.4, -0.2) is 24.7 Å². The fraction of sp³-hybridized carbons (Fsp3) is 0.462. The van der Waals surface area contributed by atoms with Crippen molar-refractivity contribution >= 4 is 11.7 Å². The van der Waals surface area contributed by atoms with Crippen LogP contribution in [-0.2, 0) is 0 Å². The van der Waals surface area contributed by atoms with Crippen LogP contribution in [0.5, 0.6) is 5.75 Å². The maximum atomic E-state index is 11.0. The SMILES string of the molecule is COc1ccc(C(=O)O)c(NCCC2CC2)c1. The summed E-state index contributed by atoms with van der Waals surface area (Å²) in [5, 5.41) is 12.2. The molecule has 1 aliphatic rings. The molecule has 0 unspecified atom stereocenters. The van der Waals surface area contributed by atoms with E-state index in [0.717, 1.165) is 18.9 Å². The van der Waals surface area contributed by atoms with E-state index in [0.29, 0.717) is 17.0 Å². The number of ether oxygens (including phenoxy) is 1. The number of rotatable bonds is 6. The van der Waals surface area contributed by atoms with Crippen LogP contribution >= 0.6 is 0 Å². The largest absolute Gasteiger partial charge is 0.497 e. The second kappa shape index (κ2) is 5.08. The van der Waals surface area contributed by atoms with E-state index in [4.69, 9.17) is 9.84 Å². The average molecular weight is 235 g/mol. The number of carboxylic acid groups (broad SMARTS) is 1. The third kappa shape index (κ3) is 3.12. The molecular weight excluding hydrogens is 218 g/mol. The molecule has 0 aromatic heterocycles. The molecule has 1 saturated carbocycles. The summed E-state index contributed by atoms with van der Waals surface area (Å²) in [6, 6.07) is 4.96. The second-order valence-electron chi connectivity index (χ2n) is 4.38. The Labute approximate surface area is 101 Å².